The molecule has 3 aromatic carbocycles. The van der Waals surface area contributed by atoms with Gasteiger partial charge in [-0.2, -0.15) is 0 Å². The van der Waals surface area contributed by atoms with Crippen LogP contribution in [-0.2, 0) is 4.79 Å². The fourth-order valence-electron chi connectivity index (χ4n) is 4.51. The molecule has 192 valence electrons. The molecule has 0 unspecified atom stereocenters. The standard InChI is InChI=1S/C30H27N3O4S/c1-18-16-24(37-4)15-12-21(18)17-25-29(35)33-27(20-10-13-23(36-3)14-11-20)26(19(2)31-30(33)38-25)28(34)32-22-8-6-5-7-9-22/h5-17,27H,1-4H3,(H,32,34)/b25-17+/t27-/m1/s1. The van der Waals surface area contributed by atoms with Crippen LogP contribution in [0.25, 0.3) is 6.08 Å². The largest absolute Gasteiger partial charge is 0.497 e. The number of nitrogens with one attached hydrogen (secondary N) is 1. The van der Waals surface area contributed by atoms with Gasteiger partial charge in [-0.1, -0.05) is 47.7 Å². The lowest BCUT2D eigenvalue weighted by atomic mass is 9.95. The smallest absolute Gasteiger partial charge is 0.271 e. The number of thiazole rings is 1. The van der Waals surface area contributed by atoms with Crippen LogP contribution >= 0.6 is 11.3 Å². The van der Waals surface area contributed by atoms with E-state index in [4.69, 9.17) is 14.5 Å². The van der Waals surface area contributed by atoms with Crippen molar-refractivity contribution in [2.45, 2.75) is 19.9 Å². The summed E-state index contributed by atoms with van der Waals surface area (Å²) in [5.41, 5.74) is 4.12. The van der Waals surface area contributed by atoms with Gasteiger partial charge in [-0.05, 0) is 73.0 Å². The maximum Gasteiger partial charge on any atom is 0.271 e. The number of carbonyl (C=O) groups is 1. The summed E-state index contributed by atoms with van der Waals surface area (Å²) in [5.74, 6) is 1.14. The van der Waals surface area contributed by atoms with Gasteiger partial charge in [0.1, 0.15) is 11.5 Å². The van der Waals surface area contributed by atoms with E-state index >= 15 is 0 Å². The number of ether oxygens (including phenoxy) is 2. The van der Waals surface area contributed by atoms with Crippen LogP contribution in [0.5, 0.6) is 11.5 Å². The lowest BCUT2D eigenvalue weighted by Gasteiger charge is -2.25. The van der Waals surface area contributed by atoms with E-state index in [1.807, 2.05) is 85.8 Å². The molecule has 0 bridgehead atoms. The Morgan fingerprint density at radius 1 is 0.974 bits per heavy atom. The molecule has 7 nitrogen and oxygen atoms in total. The maximum absolute atomic E-state index is 13.9. The molecule has 1 aliphatic rings. The van der Waals surface area contributed by atoms with Gasteiger partial charge in [0, 0.05) is 5.69 Å². The highest BCUT2D eigenvalue weighted by atomic mass is 32.1. The maximum atomic E-state index is 13.9. The van der Waals surface area contributed by atoms with Gasteiger partial charge in [0.2, 0.25) is 0 Å². The van der Waals surface area contributed by atoms with Crippen LogP contribution < -0.4 is 29.7 Å². The van der Waals surface area contributed by atoms with Crippen molar-refractivity contribution in [3.63, 3.8) is 0 Å². The van der Waals surface area contributed by atoms with Crippen molar-refractivity contribution >= 4 is 29.0 Å². The molecule has 0 radical (unpaired) electrons. The molecular formula is C30H27N3O4S. The molecular weight excluding hydrogens is 498 g/mol. The van der Waals surface area contributed by atoms with E-state index in [2.05, 4.69) is 5.32 Å². The summed E-state index contributed by atoms with van der Waals surface area (Å²) in [5, 5.41) is 2.97. The van der Waals surface area contributed by atoms with Gasteiger partial charge in [0.25, 0.3) is 11.5 Å². The highest BCUT2D eigenvalue weighted by Crippen LogP contribution is 2.31. The van der Waals surface area contributed by atoms with Gasteiger partial charge in [0.15, 0.2) is 4.80 Å². The third-order valence-electron chi connectivity index (χ3n) is 6.49. The fraction of sp³-hybridized carbons (Fsp3) is 0.167. The Morgan fingerprint density at radius 3 is 2.32 bits per heavy atom. The molecule has 38 heavy (non-hydrogen) atoms. The van der Waals surface area contributed by atoms with Gasteiger partial charge in [0.05, 0.1) is 36.1 Å². The monoisotopic (exact) mass is 525 g/mol. The minimum absolute atomic E-state index is 0.206. The number of rotatable bonds is 6. The third-order valence-corrected chi connectivity index (χ3v) is 7.48. The highest BCUT2D eigenvalue weighted by Gasteiger charge is 2.32. The lowest BCUT2D eigenvalue weighted by molar-refractivity contribution is -0.113. The Labute approximate surface area is 224 Å². The lowest BCUT2D eigenvalue weighted by Crippen LogP contribution is -2.40. The Balaban J connectivity index is 1.67. The summed E-state index contributed by atoms with van der Waals surface area (Å²) in [4.78, 5) is 32.7. The molecule has 4 aromatic rings. The number of fused-ring (bicyclic) bond motifs is 1. The quantitative estimate of drug-likeness (QED) is 0.409. The molecule has 1 aliphatic heterocycles. The van der Waals surface area contributed by atoms with Gasteiger partial charge in [-0.3, -0.25) is 14.2 Å². The Bertz CT molecular complexity index is 1720. The van der Waals surface area contributed by atoms with Crippen LogP contribution in [0.4, 0.5) is 5.69 Å². The van der Waals surface area contributed by atoms with Crippen LogP contribution in [0, 0.1) is 6.92 Å². The second-order valence-corrected chi connectivity index (χ2v) is 9.91. The number of hydrogen-bond acceptors (Lipinski definition) is 6. The molecule has 0 saturated carbocycles. The number of carbonyl (C=O) groups excluding carboxylic acids is 1. The van der Waals surface area contributed by atoms with E-state index in [0.29, 0.717) is 32.0 Å². The molecule has 0 aliphatic carbocycles. The van der Waals surface area contributed by atoms with Crippen molar-refractivity contribution < 1.29 is 14.3 Å². The van der Waals surface area contributed by atoms with Crippen LogP contribution in [0.15, 0.2) is 93.9 Å². The molecule has 1 N–H and O–H groups in total. The van der Waals surface area contributed by atoms with E-state index in [0.717, 1.165) is 22.4 Å². The Morgan fingerprint density at radius 2 is 1.66 bits per heavy atom. The normalized spacial score (nSPS) is 15.1. The first-order chi connectivity index (χ1) is 18.4. The molecule has 8 heteroatoms. The van der Waals surface area contributed by atoms with Crippen molar-refractivity contribution in [3.8, 4) is 11.5 Å². The first kappa shape index (κ1) is 25.2. The number of amides is 1. The van der Waals surface area contributed by atoms with Crippen molar-refractivity contribution in [3.05, 3.63) is 120 Å². The zero-order valence-electron chi connectivity index (χ0n) is 21.5. The second-order valence-electron chi connectivity index (χ2n) is 8.90. The van der Waals surface area contributed by atoms with E-state index in [1.54, 1.807) is 25.7 Å². The molecule has 1 amide bonds. The SMILES string of the molecule is COc1ccc([C@@H]2C(C(=O)Nc3ccccc3)=C(C)N=c3s/c(=C/c4ccc(OC)cc4C)c(=O)n32)cc1. The fourth-order valence-corrected chi connectivity index (χ4v) is 5.55. The van der Waals surface area contributed by atoms with Crippen LogP contribution in [0.3, 0.4) is 0 Å². The van der Waals surface area contributed by atoms with E-state index in [1.165, 1.54) is 11.3 Å². The van der Waals surface area contributed by atoms with Crippen LogP contribution in [0.2, 0.25) is 0 Å². The number of anilines is 1. The molecule has 0 saturated heterocycles. The molecule has 0 fully saturated rings. The first-order valence-electron chi connectivity index (χ1n) is 12.1. The summed E-state index contributed by atoms with van der Waals surface area (Å²) >= 11 is 1.31. The number of para-hydroxylation sites is 1. The number of benzene rings is 3. The van der Waals surface area contributed by atoms with Crippen LogP contribution in [-0.4, -0.2) is 24.7 Å². The van der Waals surface area contributed by atoms with Crippen molar-refractivity contribution in [1.82, 2.24) is 4.57 Å². The summed E-state index contributed by atoms with van der Waals surface area (Å²) in [6.07, 6.45) is 1.87. The van der Waals surface area contributed by atoms with Gasteiger partial charge in [-0.15, -0.1) is 0 Å². The van der Waals surface area contributed by atoms with Gasteiger partial charge in [-0.25, -0.2) is 4.99 Å². The number of aryl methyl sites for hydroxylation is 1. The molecule has 5 rings (SSSR count). The second kappa shape index (κ2) is 10.5. The topological polar surface area (TPSA) is 81.9 Å². The van der Waals surface area contributed by atoms with E-state index < -0.39 is 6.04 Å². The number of hydrogen-bond donors (Lipinski definition) is 1. The minimum Gasteiger partial charge on any atom is -0.497 e. The van der Waals surface area contributed by atoms with Crippen molar-refractivity contribution in [2.75, 3.05) is 19.5 Å². The third kappa shape index (κ3) is 4.78. The van der Waals surface area contributed by atoms with E-state index in [9.17, 15) is 9.59 Å². The van der Waals surface area contributed by atoms with Crippen molar-refractivity contribution in [2.24, 2.45) is 4.99 Å². The van der Waals surface area contributed by atoms with Gasteiger partial charge < -0.3 is 14.8 Å². The molecule has 2 heterocycles. The number of allylic oxidation sites excluding steroid dienone is 1. The summed E-state index contributed by atoms with van der Waals surface area (Å²) in [6, 6.07) is 21.7. The average Bonchev–Trinajstić information content (AvgIpc) is 3.23. The molecule has 1 aromatic heterocycles. The van der Waals surface area contributed by atoms with Gasteiger partial charge >= 0.3 is 0 Å². The van der Waals surface area contributed by atoms with Crippen molar-refractivity contribution in [1.29, 1.82) is 0 Å². The Hall–Kier alpha value is -4.43. The molecule has 0 spiro atoms. The minimum atomic E-state index is -0.653. The first-order valence-corrected chi connectivity index (χ1v) is 12.9. The highest BCUT2D eigenvalue weighted by molar-refractivity contribution is 7.07. The number of aromatic nitrogens is 1. The summed E-state index contributed by atoms with van der Waals surface area (Å²) < 4.78 is 12.8. The van der Waals surface area contributed by atoms with E-state index in [-0.39, 0.29) is 11.5 Å². The number of methoxy groups -OCH3 is 2. The predicted octanol–water partition coefficient (Wildman–Crippen LogP) is 4.20. The van der Waals surface area contributed by atoms with Crippen LogP contribution in [0.1, 0.15) is 29.7 Å². The summed E-state index contributed by atoms with van der Waals surface area (Å²) in [6.45, 7) is 3.78. The average molecular weight is 526 g/mol. The predicted molar refractivity (Wildman–Crippen MR) is 150 cm³/mol. The molecule has 1 atom stereocenters. The zero-order valence-corrected chi connectivity index (χ0v) is 22.3. The summed E-state index contributed by atoms with van der Waals surface area (Å²) in [7, 11) is 3.22. The Kier molecular flexibility index (Phi) is 6.98. The number of nitrogens with zero attached hydrogens (tertiary/aromatic N) is 2. The zero-order chi connectivity index (χ0) is 26.8.